The molecule has 0 saturated carbocycles. The Hall–Kier alpha value is -6.59. The zero-order valence-corrected chi connectivity index (χ0v) is 34.8. The molecule has 2 aromatic carbocycles. The number of primary amides is 1. The maximum absolute atomic E-state index is 13.8. The van der Waals surface area contributed by atoms with Crippen LogP contribution in [0.25, 0.3) is 0 Å². The number of hydrogen-bond acceptors (Lipinski definition) is 9. The van der Waals surface area contributed by atoms with Crippen molar-refractivity contribution in [2.75, 3.05) is 13.1 Å². The molecule has 0 aliphatic carbocycles. The topological polar surface area (TPSA) is 284 Å². The van der Waals surface area contributed by atoms with Crippen molar-refractivity contribution in [3.8, 4) is 0 Å². The summed E-state index contributed by atoms with van der Waals surface area (Å²) in [5, 5.41) is 26.9. The number of rotatable bonds is 24. The van der Waals surface area contributed by atoms with Crippen LogP contribution in [0, 0.1) is 17.8 Å². The van der Waals surface area contributed by atoms with Gasteiger partial charge in [-0.15, -0.1) is 0 Å². The van der Waals surface area contributed by atoms with Crippen molar-refractivity contribution in [3.63, 3.8) is 0 Å². The van der Waals surface area contributed by atoms with E-state index >= 15 is 0 Å². The van der Waals surface area contributed by atoms with Crippen LogP contribution in [0.5, 0.6) is 0 Å². The molecular formula is C42H58N8O10. The van der Waals surface area contributed by atoms with Crippen LogP contribution in [0.1, 0.15) is 59.1 Å². The van der Waals surface area contributed by atoms with Crippen LogP contribution in [0.2, 0.25) is 0 Å². The van der Waals surface area contributed by atoms with Gasteiger partial charge < -0.3 is 48.1 Å². The normalized spacial score (nSPS) is 14.1. The van der Waals surface area contributed by atoms with Gasteiger partial charge in [-0.1, -0.05) is 109 Å². The smallest absolute Gasteiger partial charge is 0.326 e. The summed E-state index contributed by atoms with van der Waals surface area (Å²) in [6, 6.07) is 11.7. The molecule has 2 aromatic rings. The molecule has 18 nitrogen and oxygen atoms in total. The third-order valence-corrected chi connectivity index (χ3v) is 9.40. The van der Waals surface area contributed by atoms with E-state index in [0.29, 0.717) is 17.5 Å². The van der Waals surface area contributed by atoms with E-state index in [1.165, 1.54) is 0 Å². The van der Waals surface area contributed by atoms with E-state index in [9.17, 15) is 48.3 Å². The summed E-state index contributed by atoms with van der Waals surface area (Å²) in [6.45, 7) is 9.26. The van der Waals surface area contributed by atoms with Crippen LogP contribution in [0.3, 0.4) is 0 Å². The maximum atomic E-state index is 13.8. The minimum atomic E-state index is -1.26. The molecule has 0 saturated heterocycles. The molecule has 0 aromatic heterocycles. The van der Waals surface area contributed by atoms with Crippen molar-refractivity contribution >= 4 is 53.2 Å². The van der Waals surface area contributed by atoms with E-state index in [4.69, 9.17) is 5.73 Å². The summed E-state index contributed by atoms with van der Waals surface area (Å²) >= 11 is 0. The van der Waals surface area contributed by atoms with Crippen molar-refractivity contribution in [1.29, 1.82) is 0 Å². The predicted molar refractivity (Wildman–Crippen MR) is 221 cm³/mol. The van der Waals surface area contributed by atoms with E-state index in [1.807, 2.05) is 6.92 Å². The first-order chi connectivity index (χ1) is 28.3. The standard InChI is InChI=1S/C42H58N8O10/c1-7-26(6)37(41(58)49-36(25(4)5)40(57)48-35(24(2)3)38(43)55)50-39(56)29(20-27-14-10-8-11-15-27)46-32(52)19-18-31(51)44-22-33(53)45-23-34(54)47-30(42(59)60)21-28-16-12-9-13-17-28/h8-19,24-26,29-30,35-37H,7,20-23H2,1-6H3,(H2,43,55)(H,44,51)(H,45,53)(H,46,52)(H,47,54)(H,48,57)(H,49,58)(H,50,56)(H,59,60)/b19-18+/t26-,29-,30-,35-,36-,37-/m0/s1. The zero-order valence-electron chi connectivity index (χ0n) is 34.8. The van der Waals surface area contributed by atoms with Gasteiger partial charge in [-0.2, -0.15) is 0 Å². The van der Waals surface area contributed by atoms with Crippen LogP contribution in [0.4, 0.5) is 0 Å². The summed E-state index contributed by atoms with van der Waals surface area (Å²) in [5.74, 6) is -8.37. The first-order valence-electron chi connectivity index (χ1n) is 19.7. The largest absolute Gasteiger partial charge is 0.480 e. The van der Waals surface area contributed by atoms with Gasteiger partial charge in [0, 0.05) is 25.0 Å². The number of aliphatic carboxylic acids is 1. The molecule has 6 atom stereocenters. The van der Waals surface area contributed by atoms with Gasteiger partial charge in [0.2, 0.25) is 47.3 Å². The lowest BCUT2D eigenvalue weighted by atomic mass is 9.95. The van der Waals surface area contributed by atoms with Crippen LogP contribution in [-0.4, -0.2) is 102 Å². The highest BCUT2D eigenvalue weighted by atomic mass is 16.4. The minimum Gasteiger partial charge on any atom is -0.480 e. The number of carboxylic acids is 1. The molecule has 0 heterocycles. The summed E-state index contributed by atoms with van der Waals surface area (Å²) in [5.41, 5.74) is 6.83. The second-order valence-corrected chi connectivity index (χ2v) is 15.0. The third-order valence-electron chi connectivity index (χ3n) is 9.40. The molecule has 0 aliphatic rings. The Morgan fingerprint density at radius 3 is 1.53 bits per heavy atom. The number of hydrogen-bond donors (Lipinski definition) is 9. The van der Waals surface area contributed by atoms with Gasteiger partial charge in [-0.05, 0) is 28.9 Å². The van der Waals surface area contributed by atoms with Crippen molar-refractivity contribution < 1.29 is 48.3 Å². The Kier molecular flexibility index (Phi) is 20.7. The van der Waals surface area contributed by atoms with E-state index in [2.05, 4.69) is 37.2 Å². The van der Waals surface area contributed by atoms with Gasteiger partial charge in [0.05, 0.1) is 13.1 Å². The predicted octanol–water partition coefficient (Wildman–Crippen LogP) is -0.388. The lowest BCUT2D eigenvalue weighted by molar-refractivity contribution is -0.141. The molecule has 60 heavy (non-hydrogen) atoms. The third kappa shape index (κ3) is 17.5. The molecule has 0 unspecified atom stereocenters. The molecule has 0 radical (unpaired) electrons. The number of nitrogens with one attached hydrogen (secondary N) is 7. The number of carboxylic acid groups (broad SMARTS) is 1. The second kappa shape index (κ2) is 25.0. The molecule has 0 bridgehead atoms. The van der Waals surface area contributed by atoms with Crippen LogP contribution >= 0.6 is 0 Å². The highest BCUT2D eigenvalue weighted by Crippen LogP contribution is 2.13. The number of carbonyl (C=O) groups is 9. The average molecular weight is 835 g/mol. The van der Waals surface area contributed by atoms with Gasteiger partial charge in [-0.3, -0.25) is 38.4 Å². The highest BCUT2D eigenvalue weighted by molar-refractivity contribution is 6.00. The van der Waals surface area contributed by atoms with Gasteiger partial charge in [0.1, 0.15) is 30.2 Å². The van der Waals surface area contributed by atoms with Gasteiger partial charge >= 0.3 is 5.97 Å². The first-order valence-corrected chi connectivity index (χ1v) is 19.7. The van der Waals surface area contributed by atoms with Crippen molar-refractivity contribution in [2.24, 2.45) is 23.5 Å². The Bertz CT molecular complexity index is 1840. The van der Waals surface area contributed by atoms with E-state index in [-0.39, 0.29) is 18.8 Å². The Morgan fingerprint density at radius 2 is 1.03 bits per heavy atom. The SMILES string of the molecule is CC[C@H](C)[C@H](NC(=O)[C@H](Cc1ccccc1)NC(=O)/C=C/C(=O)NCC(=O)NCC(=O)N[C@@H](Cc1ccccc1)C(=O)O)C(=O)N[C@H](C(=O)N[C@H](C(N)=O)C(C)C)C(C)C. The number of nitrogens with two attached hydrogens (primary N) is 1. The fraction of sp³-hybridized carbons (Fsp3) is 0.452. The fourth-order valence-electron chi connectivity index (χ4n) is 5.74. The van der Waals surface area contributed by atoms with Crippen molar-refractivity contribution in [2.45, 2.75) is 91.0 Å². The monoisotopic (exact) mass is 834 g/mol. The molecular weight excluding hydrogens is 777 g/mol. The lowest BCUT2D eigenvalue weighted by Gasteiger charge is -2.30. The summed E-state index contributed by atoms with van der Waals surface area (Å²) < 4.78 is 0. The number of amides is 8. The van der Waals surface area contributed by atoms with Gasteiger partial charge in [0.15, 0.2) is 0 Å². The quantitative estimate of drug-likeness (QED) is 0.0618. The fourth-order valence-corrected chi connectivity index (χ4v) is 5.74. The summed E-state index contributed by atoms with van der Waals surface area (Å²) in [6.07, 6.45) is 2.17. The van der Waals surface area contributed by atoms with Gasteiger partial charge in [-0.25, -0.2) is 4.79 Å². The Labute approximate surface area is 349 Å². The summed E-state index contributed by atoms with van der Waals surface area (Å²) in [7, 11) is 0. The summed E-state index contributed by atoms with van der Waals surface area (Å²) in [4.78, 5) is 114. The molecule has 2 rings (SSSR count). The van der Waals surface area contributed by atoms with Crippen LogP contribution in [0.15, 0.2) is 72.8 Å². The Morgan fingerprint density at radius 1 is 0.567 bits per heavy atom. The van der Waals surface area contributed by atoms with E-state index in [1.54, 1.807) is 95.3 Å². The molecule has 0 aliphatic heterocycles. The molecule has 18 heteroatoms. The molecule has 8 amide bonds. The van der Waals surface area contributed by atoms with Crippen LogP contribution in [-0.2, 0) is 56.0 Å². The lowest BCUT2D eigenvalue weighted by Crippen LogP contribution is -2.61. The van der Waals surface area contributed by atoms with Crippen LogP contribution < -0.4 is 43.0 Å². The number of benzene rings is 2. The molecule has 326 valence electrons. The zero-order chi connectivity index (χ0) is 44.9. The van der Waals surface area contributed by atoms with Gasteiger partial charge in [0.25, 0.3) is 0 Å². The average Bonchev–Trinajstić information content (AvgIpc) is 3.20. The minimum absolute atomic E-state index is 0.00123. The Balaban J connectivity index is 2.06. The molecule has 0 fully saturated rings. The number of carbonyl (C=O) groups excluding carboxylic acids is 8. The van der Waals surface area contributed by atoms with Crippen molar-refractivity contribution in [1.82, 2.24) is 37.2 Å². The highest BCUT2D eigenvalue weighted by Gasteiger charge is 2.35. The van der Waals surface area contributed by atoms with E-state index < -0.39 is 108 Å². The second-order valence-electron chi connectivity index (χ2n) is 15.0. The maximum Gasteiger partial charge on any atom is 0.326 e. The van der Waals surface area contributed by atoms with Crippen molar-refractivity contribution in [3.05, 3.63) is 83.9 Å². The molecule has 10 N–H and O–H groups in total. The van der Waals surface area contributed by atoms with E-state index in [0.717, 1.165) is 12.2 Å². The first kappa shape index (κ1) is 49.6. The molecule has 0 spiro atoms.